The van der Waals surface area contributed by atoms with Crippen LogP contribution in [0, 0.1) is 5.82 Å². The maximum absolute atomic E-state index is 13.2. The van der Waals surface area contributed by atoms with Crippen molar-refractivity contribution >= 4 is 45.0 Å². The van der Waals surface area contributed by atoms with Crippen LogP contribution in [0.2, 0.25) is 5.02 Å². The predicted molar refractivity (Wildman–Crippen MR) is 74.0 cm³/mol. The number of halogens is 3. The number of anilines is 3. The maximum atomic E-state index is 13.2. The lowest BCUT2D eigenvalue weighted by Gasteiger charge is -2.09. The number of aromatic nitrogens is 2. The first-order valence-electron chi connectivity index (χ1n) is 5.02. The van der Waals surface area contributed by atoms with Gasteiger partial charge in [-0.05, 0) is 34.1 Å². The van der Waals surface area contributed by atoms with Gasteiger partial charge in [-0.1, -0.05) is 11.6 Å². The maximum Gasteiger partial charge on any atom is 0.224 e. The summed E-state index contributed by atoms with van der Waals surface area (Å²) in [5.41, 5.74) is 0.515. The molecule has 1 aromatic carbocycles. The zero-order valence-electron chi connectivity index (χ0n) is 9.34. The van der Waals surface area contributed by atoms with E-state index in [4.69, 9.17) is 11.6 Å². The predicted octanol–water partition coefficient (Wildman–Crippen LogP) is 3.82. The molecule has 2 N–H and O–H groups in total. The van der Waals surface area contributed by atoms with E-state index in [1.807, 2.05) is 0 Å². The molecule has 1 heterocycles. The third kappa shape index (κ3) is 3.08. The van der Waals surface area contributed by atoms with Gasteiger partial charge < -0.3 is 10.6 Å². The highest BCUT2D eigenvalue weighted by molar-refractivity contribution is 9.10. The summed E-state index contributed by atoms with van der Waals surface area (Å²) in [5, 5.41) is 6.10. The molecule has 4 nitrogen and oxygen atoms in total. The van der Waals surface area contributed by atoms with Gasteiger partial charge >= 0.3 is 0 Å². The van der Waals surface area contributed by atoms with Crippen LogP contribution in [0.25, 0.3) is 0 Å². The van der Waals surface area contributed by atoms with Crippen molar-refractivity contribution in [3.63, 3.8) is 0 Å². The van der Waals surface area contributed by atoms with Crippen LogP contribution in [0.3, 0.4) is 0 Å². The summed E-state index contributed by atoms with van der Waals surface area (Å²) in [6.07, 6.45) is 1.60. The third-order valence-electron chi connectivity index (χ3n) is 2.09. The van der Waals surface area contributed by atoms with Gasteiger partial charge in [-0.2, -0.15) is 4.98 Å². The summed E-state index contributed by atoms with van der Waals surface area (Å²) < 4.78 is 13.9. The van der Waals surface area contributed by atoms with Gasteiger partial charge in [0.05, 0.1) is 4.47 Å². The zero-order valence-corrected chi connectivity index (χ0v) is 11.7. The number of rotatable bonds is 3. The average molecular weight is 332 g/mol. The molecule has 0 radical (unpaired) electrons. The van der Waals surface area contributed by atoms with Gasteiger partial charge in [-0.3, -0.25) is 0 Å². The van der Waals surface area contributed by atoms with E-state index in [2.05, 4.69) is 36.5 Å². The zero-order chi connectivity index (χ0) is 13.1. The van der Waals surface area contributed by atoms with E-state index < -0.39 is 5.82 Å². The Morgan fingerprint density at radius 1 is 1.33 bits per heavy atom. The highest BCUT2D eigenvalue weighted by Crippen LogP contribution is 2.26. The second-order valence-electron chi connectivity index (χ2n) is 3.42. The largest absolute Gasteiger partial charge is 0.357 e. The number of nitrogens with one attached hydrogen (secondary N) is 2. The number of nitrogens with zero attached hydrogens (tertiary/aromatic N) is 2. The smallest absolute Gasteiger partial charge is 0.224 e. The lowest BCUT2D eigenvalue weighted by molar-refractivity contribution is 0.628. The molecule has 2 rings (SSSR count). The molecule has 2 aromatic rings. The van der Waals surface area contributed by atoms with Gasteiger partial charge in [0.25, 0.3) is 0 Å². The lowest BCUT2D eigenvalue weighted by atomic mass is 10.3. The quantitative estimate of drug-likeness (QED) is 0.898. The normalized spacial score (nSPS) is 10.2. The Morgan fingerprint density at radius 3 is 2.78 bits per heavy atom. The fourth-order valence-corrected chi connectivity index (χ4v) is 1.85. The Hall–Kier alpha value is -1.40. The number of hydrogen-bond acceptors (Lipinski definition) is 4. The van der Waals surface area contributed by atoms with Crippen LogP contribution >= 0.6 is 27.5 Å². The SMILES string of the molecule is CNc1ncc(Br)c(Nc2cc(F)cc(Cl)c2)n1. The van der Waals surface area contributed by atoms with Crippen molar-refractivity contribution in [3.8, 4) is 0 Å². The summed E-state index contributed by atoms with van der Waals surface area (Å²) >= 11 is 9.09. The van der Waals surface area contributed by atoms with Gasteiger partial charge in [-0.25, -0.2) is 9.37 Å². The minimum absolute atomic E-state index is 0.316. The monoisotopic (exact) mass is 330 g/mol. The molecule has 0 aliphatic carbocycles. The molecule has 0 atom stereocenters. The minimum atomic E-state index is -0.413. The van der Waals surface area contributed by atoms with Crippen molar-refractivity contribution in [2.45, 2.75) is 0 Å². The molecule has 0 aliphatic heterocycles. The van der Waals surface area contributed by atoms with Crippen LogP contribution in [0.5, 0.6) is 0 Å². The molecule has 94 valence electrons. The molecule has 0 unspecified atom stereocenters. The molecular weight excluding hydrogens is 323 g/mol. The Morgan fingerprint density at radius 2 is 2.11 bits per heavy atom. The van der Waals surface area contributed by atoms with Gasteiger partial charge in [0.15, 0.2) is 0 Å². The van der Waals surface area contributed by atoms with E-state index in [9.17, 15) is 4.39 Å². The third-order valence-corrected chi connectivity index (χ3v) is 2.89. The van der Waals surface area contributed by atoms with Crippen LogP contribution in [-0.4, -0.2) is 17.0 Å². The molecule has 0 saturated heterocycles. The molecule has 0 saturated carbocycles. The Balaban J connectivity index is 2.33. The summed E-state index contributed by atoms with van der Waals surface area (Å²) in [6, 6.07) is 4.18. The van der Waals surface area contributed by atoms with Crippen molar-refractivity contribution in [1.29, 1.82) is 0 Å². The highest BCUT2D eigenvalue weighted by atomic mass is 79.9. The van der Waals surface area contributed by atoms with Crippen molar-refractivity contribution in [2.75, 3.05) is 17.7 Å². The second kappa shape index (κ2) is 5.49. The van der Waals surface area contributed by atoms with E-state index in [1.54, 1.807) is 19.3 Å². The molecular formula is C11H9BrClFN4. The van der Waals surface area contributed by atoms with E-state index in [1.165, 1.54) is 12.1 Å². The average Bonchev–Trinajstić information content (AvgIpc) is 2.30. The fourth-order valence-electron chi connectivity index (χ4n) is 1.34. The van der Waals surface area contributed by atoms with Crippen LogP contribution in [0.1, 0.15) is 0 Å². The molecule has 0 fully saturated rings. The second-order valence-corrected chi connectivity index (χ2v) is 4.71. The first-order valence-corrected chi connectivity index (χ1v) is 6.19. The lowest BCUT2D eigenvalue weighted by Crippen LogP contribution is -2.01. The van der Waals surface area contributed by atoms with Gasteiger partial charge in [-0.15, -0.1) is 0 Å². The first-order chi connectivity index (χ1) is 8.58. The summed E-state index contributed by atoms with van der Waals surface area (Å²) in [7, 11) is 1.71. The standard InChI is InChI=1S/C11H9BrClFN4/c1-15-11-16-5-9(12)10(18-11)17-8-3-6(13)2-7(14)4-8/h2-5H,1H3,(H2,15,16,17,18). The van der Waals surface area contributed by atoms with E-state index >= 15 is 0 Å². The van der Waals surface area contributed by atoms with E-state index in [0.717, 1.165) is 0 Å². The summed E-state index contributed by atoms with van der Waals surface area (Å²) in [5.74, 6) is 0.572. The number of benzene rings is 1. The molecule has 0 bridgehead atoms. The van der Waals surface area contributed by atoms with Crippen LogP contribution in [0.4, 0.5) is 21.8 Å². The van der Waals surface area contributed by atoms with Crippen LogP contribution in [0.15, 0.2) is 28.9 Å². The number of hydrogen-bond donors (Lipinski definition) is 2. The Labute approximate surface area is 117 Å². The van der Waals surface area contributed by atoms with Gasteiger partial charge in [0.2, 0.25) is 5.95 Å². The van der Waals surface area contributed by atoms with Crippen LogP contribution < -0.4 is 10.6 Å². The van der Waals surface area contributed by atoms with Gasteiger partial charge in [0, 0.05) is 24.0 Å². The van der Waals surface area contributed by atoms with Crippen LogP contribution in [-0.2, 0) is 0 Å². The first kappa shape index (κ1) is 13.0. The fraction of sp³-hybridized carbons (Fsp3) is 0.0909. The van der Waals surface area contributed by atoms with Crippen molar-refractivity contribution in [2.24, 2.45) is 0 Å². The van der Waals surface area contributed by atoms with Crippen molar-refractivity contribution in [3.05, 3.63) is 39.7 Å². The van der Waals surface area contributed by atoms with Crippen molar-refractivity contribution < 1.29 is 4.39 Å². The molecule has 18 heavy (non-hydrogen) atoms. The Bertz CT molecular complexity index is 559. The van der Waals surface area contributed by atoms with E-state index in [-0.39, 0.29) is 0 Å². The van der Waals surface area contributed by atoms with Crippen molar-refractivity contribution in [1.82, 2.24) is 9.97 Å². The summed E-state index contributed by atoms with van der Waals surface area (Å²) in [6.45, 7) is 0. The highest BCUT2D eigenvalue weighted by Gasteiger charge is 2.06. The molecule has 0 aliphatic rings. The molecule has 0 amide bonds. The molecule has 7 heteroatoms. The summed E-state index contributed by atoms with van der Waals surface area (Å²) in [4.78, 5) is 8.22. The van der Waals surface area contributed by atoms with E-state index in [0.29, 0.717) is 26.9 Å². The topological polar surface area (TPSA) is 49.8 Å². The van der Waals surface area contributed by atoms with Gasteiger partial charge in [0.1, 0.15) is 11.6 Å². The molecule has 1 aromatic heterocycles. The molecule has 0 spiro atoms. The minimum Gasteiger partial charge on any atom is -0.357 e. The Kier molecular flexibility index (Phi) is 3.98.